The third-order valence-electron chi connectivity index (χ3n) is 2.68. The van der Waals surface area contributed by atoms with Crippen LogP contribution in [0.4, 0.5) is 0 Å². The van der Waals surface area contributed by atoms with E-state index in [9.17, 15) is 4.79 Å². The third kappa shape index (κ3) is 4.07. The molecule has 0 atom stereocenters. The van der Waals surface area contributed by atoms with Crippen molar-refractivity contribution in [2.24, 2.45) is 0 Å². The summed E-state index contributed by atoms with van der Waals surface area (Å²) in [5.74, 6) is 0.00613. The van der Waals surface area contributed by atoms with Gasteiger partial charge in [0, 0.05) is 23.5 Å². The summed E-state index contributed by atoms with van der Waals surface area (Å²) in [4.78, 5) is 16.1. The van der Waals surface area contributed by atoms with Crippen LogP contribution in [0.25, 0.3) is 0 Å². The molecule has 19 heavy (non-hydrogen) atoms. The fourth-order valence-electron chi connectivity index (χ4n) is 1.67. The Hall–Kier alpha value is -2.42. The van der Waals surface area contributed by atoms with Crippen LogP contribution in [0.5, 0.6) is 0 Å². The van der Waals surface area contributed by atoms with E-state index in [1.54, 1.807) is 12.3 Å². The van der Waals surface area contributed by atoms with Crippen LogP contribution in [-0.2, 0) is 6.54 Å². The van der Waals surface area contributed by atoms with Crippen LogP contribution in [0.1, 0.15) is 23.0 Å². The molecule has 1 N–H and O–H groups in total. The molecule has 2 rings (SSSR count). The van der Waals surface area contributed by atoms with Gasteiger partial charge in [0.25, 0.3) is 0 Å². The number of aromatic nitrogens is 1. The smallest absolute Gasteiger partial charge is 0.187 e. The molecule has 1 heterocycles. The summed E-state index contributed by atoms with van der Waals surface area (Å²) in [7, 11) is 0. The summed E-state index contributed by atoms with van der Waals surface area (Å²) >= 11 is 0. The van der Waals surface area contributed by atoms with Crippen molar-refractivity contribution in [1.29, 1.82) is 0 Å². The first-order valence-corrected chi connectivity index (χ1v) is 6.17. The number of hydrogen-bond acceptors (Lipinski definition) is 3. The molecule has 3 nitrogen and oxygen atoms in total. The first-order chi connectivity index (χ1) is 9.25. The number of allylic oxidation sites excluding steroid dienone is 2. The number of rotatable bonds is 5. The Morgan fingerprint density at radius 2 is 1.89 bits per heavy atom. The number of hydrogen-bond donors (Lipinski definition) is 1. The lowest BCUT2D eigenvalue weighted by molar-refractivity contribution is 0.104. The molecule has 0 spiro atoms. The van der Waals surface area contributed by atoms with Gasteiger partial charge in [-0.3, -0.25) is 9.78 Å². The summed E-state index contributed by atoms with van der Waals surface area (Å²) in [6, 6.07) is 15.0. The van der Waals surface area contributed by atoms with E-state index in [1.165, 1.54) is 0 Å². The van der Waals surface area contributed by atoms with Crippen LogP contribution in [0, 0.1) is 0 Å². The quantitative estimate of drug-likeness (QED) is 0.657. The van der Waals surface area contributed by atoms with Gasteiger partial charge in [-0.2, -0.15) is 0 Å². The average Bonchev–Trinajstić information content (AvgIpc) is 2.47. The minimum atomic E-state index is 0.00613. The van der Waals surface area contributed by atoms with E-state index in [0.717, 1.165) is 11.4 Å². The minimum absolute atomic E-state index is 0.00613. The molecule has 0 fully saturated rings. The molecule has 1 aromatic carbocycles. The van der Waals surface area contributed by atoms with Gasteiger partial charge in [-0.15, -0.1) is 0 Å². The Labute approximate surface area is 113 Å². The first kappa shape index (κ1) is 13.0. The summed E-state index contributed by atoms with van der Waals surface area (Å²) in [5, 5.41) is 3.18. The molecular formula is C16H16N2O. The maximum atomic E-state index is 11.9. The van der Waals surface area contributed by atoms with Crippen molar-refractivity contribution in [2.45, 2.75) is 13.5 Å². The van der Waals surface area contributed by atoms with Crippen molar-refractivity contribution in [3.05, 3.63) is 77.8 Å². The number of benzene rings is 1. The van der Waals surface area contributed by atoms with Crippen molar-refractivity contribution in [3.8, 4) is 0 Å². The zero-order chi connectivity index (χ0) is 13.5. The second-order valence-corrected chi connectivity index (χ2v) is 4.23. The van der Waals surface area contributed by atoms with Gasteiger partial charge in [0.2, 0.25) is 0 Å². The van der Waals surface area contributed by atoms with Gasteiger partial charge in [-0.05, 0) is 19.1 Å². The highest BCUT2D eigenvalue weighted by molar-refractivity contribution is 6.04. The molecule has 0 unspecified atom stereocenters. The Balaban J connectivity index is 1.94. The second kappa shape index (κ2) is 6.50. The molecule has 96 valence electrons. The predicted molar refractivity (Wildman–Crippen MR) is 75.6 cm³/mol. The predicted octanol–water partition coefficient (Wildman–Crippen LogP) is 2.96. The average molecular weight is 252 g/mol. The number of pyridine rings is 1. The van der Waals surface area contributed by atoms with E-state index >= 15 is 0 Å². The van der Waals surface area contributed by atoms with E-state index in [0.29, 0.717) is 12.1 Å². The van der Waals surface area contributed by atoms with Crippen LogP contribution in [-0.4, -0.2) is 10.8 Å². The zero-order valence-electron chi connectivity index (χ0n) is 10.8. The summed E-state index contributed by atoms with van der Waals surface area (Å²) in [6.45, 7) is 2.50. The molecule has 0 bridgehead atoms. The summed E-state index contributed by atoms with van der Waals surface area (Å²) in [5.41, 5.74) is 2.48. The standard InChI is InChI=1S/C16H16N2O/c1-13(18-12-15-9-5-6-10-17-15)11-16(19)14-7-3-2-4-8-14/h2-11,18H,12H2,1H3. The molecule has 0 aliphatic heterocycles. The highest BCUT2D eigenvalue weighted by atomic mass is 16.1. The Morgan fingerprint density at radius 3 is 2.58 bits per heavy atom. The molecule has 2 aromatic rings. The van der Waals surface area contributed by atoms with Gasteiger partial charge in [-0.1, -0.05) is 36.4 Å². The summed E-state index contributed by atoms with van der Waals surface area (Å²) in [6.07, 6.45) is 3.36. The Bertz CT molecular complexity index is 562. The maximum absolute atomic E-state index is 11.9. The number of ketones is 1. The number of carbonyl (C=O) groups is 1. The van der Waals surface area contributed by atoms with E-state index in [2.05, 4.69) is 10.3 Å². The molecule has 0 aliphatic rings. The van der Waals surface area contributed by atoms with Crippen molar-refractivity contribution in [2.75, 3.05) is 0 Å². The highest BCUT2D eigenvalue weighted by Gasteiger charge is 2.01. The number of nitrogens with zero attached hydrogens (tertiary/aromatic N) is 1. The lowest BCUT2D eigenvalue weighted by Gasteiger charge is -2.05. The lowest BCUT2D eigenvalue weighted by Crippen LogP contribution is -2.13. The zero-order valence-corrected chi connectivity index (χ0v) is 10.8. The first-order valence-electron chi connectivity index (χ1n) is 6.17. The van der Waals surface area contributed by atoms with Gasteiger partial charge in [-0.25, -0.2) is 0 Å². The number of nitrogens with one attached hydrogen (secondary N) is 1. The minimum Gasteiger partial charge on any atom is -0.383 e. The van der Waals surface area contributed by atoms with Gasteiger partial charge in [0.15, 0.2) is 5.78 Å². The van der Waals surface area contributed by atoms with E-state index in [4.69, 9.17) is 0 Å². The SMILES string of the molecule is CC(=CC(=O)c1ccccc1)NCc1ccccn1. The molecule has 1 aromatic heterocycles. The number of carbonyl (C=O) groups excluding carboxylic acids is 1. The maximum Gasteiger partial charge on any atom is 0.187 e. The van der Waals surface area contributed by atoms with Crippen molar-refractivity contribution in [3.63, 3.8) is 0 Å². The fourth-order valence-corrected chi connectivity index (χ4v) is 1.67. The van der Waals surface area contributed by atoms with Crippen molar-refractivity contribution < 1.29 is 4.79 Å². The van der Waals surface area contributed by atoms with Gasteiger partial charge < -0.3 is 5.32 Å². The summed E-state index contributed by atoms with van der Waals surface area (Å²) < 4.78 is 0. The molecule has 0 amide bonds. The second-order valence-electron chi connectivity index (χ2n) is 4.23. The van der Waals surface area contributed by atoms with Gasteiger partial charge in [0.1, 0.15) is 0 Å². The monoisotopic (exact) mass is 252 g/mol. The van der Waals surface area contributed by atoms with Crippen molar-refractivity contribution in [1.82, 2.24) is 10.3 Å². The van der Waals surface area contributed by atoms with Crippen LogP contribution >= 0.6 is 0 Å². The fraction of sp³-hybridized carbons (Fsp3) is 0.125. The van der Waals surface area contributed by atoms with E-state index in [1.807, 2.05) is 55.5 Å². The molecular weight excluding hydrogens is 236 g/mol. The molecule has 0 saturated heterocycles. The lowest BCUT2D eigenvalue weighted by atomic mass is 10.1. The van der Waals surface area contributed by atoms with E-state index in [-0.39, 0.29) is 5.78 Å². The largest absolute Gasteiger partial charge is 0.383 e. The van der Waals surface area contributed by atoms with Crippen molar-refractivity contribution >= 4 is 5.78 Å². The molecule has 0 aliphatic carbocycles. The van der Waals surface area contributed by atoms with Crippen LogP contribution in [0.15, 0.2) is 66.5 Å². The van der Waals surface area contributed by atoms with Crippen LogP contribution in [0.2, 0.25) is 0 Å². The normalized spacial score (nSPS) is 11.1. The molecule has 0 saturated carbocycles. The van der Waals surface area contributed by atoms with E-state index < -0.39 is 0 Å². The highest BCUT2D eigenvalue weighted by Crippen LogP contribution is 2.03. The van der Waals surface area contributed by atoms with Gasteiger partial charge >= 0.3 is 0 Å². The van der Waals surface area contributed by atoms with Crippen LogP contribution < -0.4 is 5.32 Å². The molecule has 3 heteroatoms. The topological polar surface area (TPSA) is 42.0 Å². The molecule has 0 radical (unpaired) electrons. The Kier molecular flexibility index (Phi) is 4.45. The Morgan fingerprint density at radius 1 is 1.16 bits per heavy atom. The van der Waals surface area contributed by atoms with Crippen LogP contribution in [0.3, 0.4) is 0 Å². The third-order valence-corrected chi connectivity index (χ3v) is 2.68. The van der Waals surface area contributed by atoms with Gasteiger partial charge in [0.05, 0.1) is 12.2 Å².